The van der Waals surface area contributed by atoms with Gasteiger partial charge in [-0.3, -0.25) is 9.09 Å². The van der Waals surface area contributed by atoms with Crippen LogP contribution in [-0.4, -0.2) is 16.3 Å². The van der Waals surface area contributed by atoms with Gasteiger partial charge in [0.15, 0.2) is 6.29 Å². The summed E-state index contributed by atoms with van der Waals surface area (Å²) in [5, 5.41) is 9.16. The van der Waals surface area contributed by atoms with E-state index in [1.54, 1.807) is 0 Å². The smallest absolute Gasteiger partial charge is 0.318 e. The number of aliphatic hydroxyl groups excluding tert-OH is 1. The van der Waals surface area contributed by atoms with Gasteiger partial charge in [0, 0.05) is 0 Å². The molecule has 2 atom stereocenters. The van der Waals surface area contributed by atoms with Gasteiger partial charge in [-0.05, 0) is 12.8 Å². The first-order valence-corrected chi connectivity index (χ1v) is 8.00. The van der Waals surface area contributed by atoms with Gasteiger partial charge in [-0.1, -0.05) is 58.3 Å². The molecular formula is C12H27O4P. The zero-order valence-corrected chi connectivity index (χ0v) is 11.9. The molecule has 0 aliphatic rings. The molecule has 5 heteroatoms. The molecule has 104 valence electrons. The standard InChI is InChI=1S/C12H27O4P/c1-2-3-4-5-6-7-8-9-10-11-12(13)16-17(14)15/h12-13,17H,2-11H2,1H3,(H,14,15). The van der Waals surface area contributed by atoms with Crippen molar-refractivity contribution in [2.75, 3.05) is 0 Å². The predicted octanol–water partition coefficient (Wildman–Crippen LogP) is 3.62. The quantitative estimate of drug-likeness (QED) is 0.321. The van der Waals surface area contributed by atoms with Gasteiger partial charge in [-0.2, -0.15) is 0 Å². The van der Waals surface area contributed by atoms with Crippen molar-refractivity contribution in [2.45, 2.75) is 77.4 Å². The molecule has 17 heavy (non-hydrogen) atoms. The zero-order chi connectivity index (χ0) is 12.9. The highest BCUT2D eigenvalue weighted by molar-refractivity contribution is 7.32. The lowest BCUT2D eigenvalue weighted by Crippen LogP contribution is -2.06. The van der Waals surface area contributed by atoms with Crippen LogP contribution in [-0.2, 0) is 9.09 Å². The maximum absolute atomic E-state index is 10.3. The summed E-state index contributed by atoms with van der Waals surface area (Å²) in [7, 11) is -2.99. The average molecular weight is 266 g/mol. The van der Waals surface area contributed by atoms with Crippen LogP contribution in [0.1, 0.15) is 71.1 Å². The molecule has 0 aromatic heterocycles. The van der Waals surface area contributed by atoms with Crippen molar-refractivity contribution in [1.29, 1.82) is 0 Å². The van der Waals surface area contributed by atoms with Gasteiger partial charge in [-0.15, -0.1) is 0 Å². The third-order valence-corrected chi connectivity index (χ3v) is 3.27. The van der Waals surface area contributed by atoms with Gasteiger partial charge in [0.05, 0.1) is 0 Å². The molecule has 0 aromatic rings. The highest BCUT2D eigenvalue weighted by Gasteiger charge is 2.05. The van der Waals surface area contributed by atoms with E-state index in [1.807, 2.05) is 0 Å². The van der Waals surface area contributed by atoms with Crippen LogP contribution in [0.2, 0.25) is 0 Å². The Labute approximate surface area is 105 Å². The second-order valence-corrected chi connectivity index (χ2v) is 5.22. The minimum absolute atomic E-state index is 0.451. The van der Waals surface area contributed by atoms with E-state index in [2.05, 4.69) is 11.4 Å². The van der Waals surface area contributed by atoms with Crippen molar-refractivity contribution in [3.8, 4) is 0 Å². The first kappa shape index (κ1) is 17.1. The minimum atomic E-state index is -2.99. The van der Waals surface area contributed by atoms with Gasteiger partial charge < -0.3 is 10.00 Å². The summed E-state index contributed by atoms with van der Waals surface area (Å²) in [6.07, 6.45) is 10.3. The van der Waals surface area contributed by atoms with Crippen molar-refractivity contribution in [2.24, 2.45) is 0 Å². The second-order valence-electron chi connectivity index (χ2n) is 4.46. The SMILES string of the molecule is CCCCCCCCCCCC(O)O[PH](=O)O. The first-order valence-electron chi connectivity index (χ1n) is 6.74. The molecule has 0 saturated carbocycles. The molecule has 0 radical (unpaired) electrons. The Balaban J connectivity index is 3.10. The third-order valence-electron chi connectivity index (χ3n) is 2.79. The van der Waals surface area contributed by atoms with Crippen LogP contribution in [0.4, 0.5) is 0 Å². The molecule has 2 unspecified atom stereocenters. The van der Waals surface area contributed by atoms with Crippen molar-refractivity contribution < 1.29 is 19.1 Å². The molecule has 0 rings (SSSR count). The molecule has 0 amide bonds. The minimum Gasteiger partial charge on any atom is -0.368 e. The number of hydrogen-bond donors (Lipinski definition) is 2. The van der Waals surface area contributed by atoms with E-state index in [1.165, 1.54) is 44.9 Å². The fourth-order valence-corrected chi connectivity index (χ4v) is 2.16. The molecule has 0 aromatic carbocycles. The molecule has 2 N–H and O–H groups in total. The summed E-state index contributed by atoms with van der Waals surface area (Å²) in [4.78, 5) is 8.43. The van der Waals surface area contributed by atoms with Crippen LogP contribution < -0.4 is 0 Å². The van der Waals surface area contributed by atoms with Gasteiger partial charge >= 0.3 is 8.25 Å². The average Bonchev–Trinajstić information content (AvgIpc) is 2.26. The second kappa shape index (κ2) is 12.6. The molecule has 0 saturated heterocycles. The van der Waals surface area contributed by atoms with Crippen LogP contribution in [0.15, 0.2) is 0 Å². The van der Waals surface area contributed by atoms with Gasteiger partial charge in [0.25, 0.3) is 0 Å². The van der Waals surface area contributed by atoms with Crippen LogP contribution in [0, 0.1) is 0 Å². The fraction of sp³-hybridized carbons (Fsp3) is 1.00. The summed E-state index contributed by atoms with van der Waals surface area (Å²) in [5.74, 6) is 0. The Kier molecular flexibility index (Phi) is 12.6. The molecule has 0 heterocycles. The molecular weight excluding hydrogens is 239 g/mol. The predicted molar refractivity (Wildman–Crippen MR) is 70.2 cm³/mol. The van der Waals surface area contributed by atoms with Crippen LogP contribution in [0.5, 0.6) is 0 Å². The molecule has 0 spiro atoms. The summed E-state index contributed by atoms with van der Waals surface area (Å²) >= 11 is 0. The van der Waals surface area contributed by atoms with Crippen LogP contribution in [0.3, 0.4) is 0 Å². The maximum atomic E-state index is 10.3. The van der Waals surface area contributed by atoms with Crippen molar-refractivity contribution in [3.05, 3.63) is 0 Å². The lowest BCUT2D eigenvalue weighted by molar-refractivity contribution is -0.0257. The van der Waals surface area contributed by atoms with Crippen molar-refractivity contribution in [1.82, 2.24) is 0 Å². The Morgan fingerprint density at radius 1 is 1.00 bits per heavy atom. The molecule has 0 aliphatic carbocycles. The largest absolute Gasteiger partial charge is 0.368 e. The van der Waals surface area contributed by atoms with Gasteiger partial charge in [0.2, 0.25) is 0 Å². The summed E-state index contributed by atoms with van der Waals surface area (Å²) in [6.45, 7) is 2.22. The Hall–Kier alpha value is 0.110. The zero-order valence-electron chi connectivity index (χ0n) is 10.9. The molecule has 0 bridgehead atoms. The summed E-state index contributed by atoms with van der Waals surface area (Å²) in [5.41, 5.74) is 0. The fourth-order valence-electron chi connectivity index (χ4n) is 1.80. The van der Waals surface area contributed by atoms with E-state index in [0.29, 0.717) is 6.42 Å². The number of rotatable bonds is 12. The monoisotopic (exact) mass is 266 g/mol. The topological polar surface area (TPSA) is 66.8 Å². The normalized spacial score (nSPS) is 14.8. The molecule has 0 fully saturated rings. The van der Waals surface area contributed by atoms with Crippen LogP contribution >= 0.6 is 8.25 Å². The lowest BCUT2D eigenvalue weighted by Gasteiger charge is -2.08. The van der Waals surface area contributed by atoms with E-state index in [0.717, 1.165) is 12.8 Å². The highest BCUT2D eigenvalue weighted by atomic mass is 31.1. The Morgan fingerprint density at radius 2 is 1.47 bits per heavy atom. The van der Waals surface area contributed by atoms with Crippen molar-refractivity contribution >= 4 is 8.25 Å². The van der Waals surface area contributed by atoms with E-state index in [4.69, 9.17) is 10.00 Å². The molecule has 0 aliphatic heterocycles. The summed E-state index contributed by atoms with van der Waals surface area (Å²) in [6, 6.07) is 0. The first-order chi connectivity index (χ1) is 8.16. The Morgan fingerprint density at radius 3 is 1.94 bits per heavy atom. The van der Waals surface area contributed by atoms with E-state index in [-0.39, 0.29) is 0 Å². The van der Waals surface area contributed by atoms with E-state index in [9.17, 15) is 4.57 Å². The third kappa shape index (κ3) is 14.0. The highest BCUT2D eigenvalue weighted by Crippen LogP contribution is 2.20. The van der Waals surface area contributed by atoms with Gasteiger partial charge in [0.1, 0.15) is 0 Å². The van der Waals surface area contributed by atoms with E-state index >= 15 is 0 Å². The number of hydrogen-bond acceptors (Lipinski definition) is 3. The van der Waals surface area contributed by atoms with E-state index < -0.39 is 14.5 Å². The van der Waals surface area contributed by atoms with Crippen molar-refractivity contribution in [3.63, 3.8) is 0 Å². The number of aliphatic hydroxyl groups is 1. The van der Waals surface area contributed by atoms with Crippen LogP contribution in [0.25, 0.3) is 0 Å². The maximum Gasteiger partial charge on any atom is 0.318 e. The summed E-state index contributed by atoms with van der Waals surface area (Å²) < 4.78 is 14.7. The van der Waals surface area contributed by atoms with Gasteiger partial charge in [-0.25, -0.2) is 0 Å². The number of unbranched alkanes of at least 4 members (excludes halogenated alkanes) is 8. The Bertz CT molecular complexity index is 187. The molecule has 4 nitrogen and oxygen atoms in total. The lowest BCUT2D eigenvalue weighted by atomic mass is 10.1.